The summed E-state index contributed by atoms with van der Waals surface area (Å²) in [7, 11) is 4.39. The highest BCUT2D eigenvalue weighted by Gasteiger charge is 2.19. The minimum atomic E-state index is -0.631. The molecule has 2 aromatic rings. The molecule has 0 saturated heterocycles. The number of ether oxygens (including phenoxy) is 4. The van der Waals surface area contributed by atoms with Crippen LogP contribution in [0, 0.1) is 0 Å². The fourth-order valence-electron chi connectivity index (χ4n) is 1.91. The molecule has 0 fully saturated rings. The van der Waals surface area contributed by atoms with Gasteiger partial charge in [-0.3, -0.25) is 0 Å². The van der Waals surface area contributed by atoms with Crippen LogP contribution in [0.3, 0.4) is 0 Å². The van der Waals surface area contributed by atoms with E-state index in [2.05, 4.69) is 0 Å². The average Bonchev–Trinajstić information content (AvgIpc) is 2.56. The molecule has 23 heavy (non-hydrogen) atoms. The SMILES string of the molecule is COc1cc(C(=O)Oc2cc(Cl)ccc2Cl)cc(OC)c1OC. The summed E-state index contributed by atoms with van der Waals surface area (Å²) in [6.07, 6.45) is 0. The Morgan fingerprint density at radius 3 is 2.00 bits per heavy atom. The molecule has 0 spiro atoms. The number of methoxy groups -OCH3 is 3. The Morgan fingerprint density at radius 1 is 0.870 bits per heavy atom. The Balaban J connectivity index is 2.37. The minimum Gasteiger partial charge on any atom is -0.493 e. The van der Waals surface area contributed by atoms with E-state index >= 15 is 0 Å². The highest BCUT2D eigenvalue weighted by Crippen LogP contribution is 2.38. The highest BCUT2D eigenvalue weighted by molar-refractivity contribution is 6.34. The maximum atomic E-state index is 12.3. The summed E-state index contributed by atoms with van der Waals surface area (Å²) in [5.41, 5.74) is 0.218. The summed E-state index contributed by atoms with van der Waals surface area (Å²) in [4.78, 5) is 12.3. The Labute approximate surface area is 143 Å². The lowest BCUT2D eigenvalue weighted by atomic mass is 10.2. The zero-order valence-corrected chi connectivity index (χ0v) is 14.2. The zero-order valence-electron chi connectivity index (χ0n) is 12.7. The molecule has 0 amide bonds. The van der Waals surface area contributed by atoms with E-state index in [0.29, 0.717) is 22.3 Å². The first-order valence-electron chi connectivity index (χ1n) is 6.47. The van der Waals surface area contributed by atoms with Crippen LogP contribution in [0.25, 0.3) is 0 Å². The summed E-state index contributed by atoms with van der Waals surface area (Å²) in [6, 6.07) is 7.58. The predicted octanol–water partition coefficient (Wildman–Crippen LogP) is 4.24. The van der Waals surface area contributed by atoms with E-state index in [4.69, 9.17) is 42.1 Å². The van der Waals surface area contributed by atoms with Crippen molar-refractivity contribution in [2.75, 3.05) is 21.3 Å². The third-order valence-electron chi connectivity index (χ3n) is 3.00. The van der Waals surface area contributed by atoms with Crippen molar-refractivity contribution in [1.29, 1.82) is 0 Å². The molecule has 7 heteroatoms. The molecule has 2 aromatic carbocycles. The van der Waals surface area contributed by atoms with E-state index in [1.54, 1.807) is 12.1 Å². The first kappa shape index (κ1) is 17.2. The predicted molar refractivity (Wildman–Crippen MR) is 87.5 cm³/mol. The standard InChI is InChI=1S/C16H14Cl2O5/c1-20-13-6-9(7-14(21-2)15(13)22-3)16(19)23-12-8-10(17)4-5-11(12)18/h4-8H,1-3H3. The first-order valence-corrected chi connectivity index (χ1v) is 7.23. The Bertz CT molecular complexity index is 705. The molecular weight excluding hydrogens is 343 g/mol. The van der Waals surface area contributed by atoms with Gasteiger partial charge in [-0.05, 0) is 24.3 Å². The highest BCUT2D eigenvalue weighted by atomic mass is 35.5. The van der Waals surface area contributed by atoms with Crippen molar-refractivity contribution in [2.45, 2.75) is 0 Å². The molecule has 0 radical (unpaired) electrons. The molecule has 5 nitrogen and oxygen atoms in total. The van der Waals surface area contributed by atoms with Crippen molar-refractivity contribution in [3.63, 3.8) is 0 Å². The number of halogens is 2. The number of rotatable bonds is 5. The second kappa shape index (κ2) is 7.44. The molecule has 0 N–H and O–H groups in total. The molecule has 0 aromatic heterocycles. The molecule has 0 atom stereocenters. The van der Waals surface area contributed by atoms with Gasteiger partial charge in [0.2, 0.25) is 5.75 Å². The van der Waals surface area contributed by atoms with E-state index in [1.807, 2.05) is 0 Å². The monoisotopic (exact) mass is 356 g/mol. The van der Waals surface area contributed by atoms with E-state index < -0.39 is 5.97 Å². The van der Waals surface area contributed by atoms with Crippen LogP contribution < -0.4 is 18.9 Å². The normalized spacial score (nSPS) is 10.1. The van der Waals surface area contributed by atoms with Crippen molar-refractivity contribution in [1.82, 2.24) is 0 Å². The number of esters is 1. The number of hydrogen-bond donors (Lipinski definition) is 0. The van der Waals surface area contributed by atoms with Crippen LogP contribution in [0.15, 0.2) is 30.3 Å². The lowest BCUT2D eigenvalue weighted by Crippen LogP contribution is -2.10. The summed E-state index contributed by atoms with van der Waals surface area (Å²) >= 11 is 11.9. The van der Waals surface area contributed by atoms with Gasteiger partial charge < -0.3 is 18.9 Å². The van der Waals surface area contributed by atoms with Gasteiger partial charge in [-0.1, -0.05) is 23.2 Å². The van der Waals surface area contributed by atoms with E-state index in [1.165, 1.54) is 39.5 Å². The van der Waals surface area contributed by atoms with Gasteiger partial charge in [0.25, 0.3) is 0 Å². The fourth-order valence-corrected chi connectivity index (χ4v) is 2.23. The number of benzene rings is 2. The largest absolute Gasteiger partial charge is 0.493 e. The Morgan fingerprint density at radius 2 is 1.48 bits per heavy atom. The lowest BCUT2D eigenvalue weighted by molar-refractivity contribution is 0.0734. The van der Waals surface area contributed by atoms with Gasteiger partial charge in [-0.25, -0.2) is 4.79 Å². The van der Waals surface area contributed by atoms with E-state index in [0.717, 1.165) is 0 Å². The van der Waals surface area contributed by atoms with Gasteiger partial charge in [-0.2, -0.15) is 0 Å². The van der Waals surface area contributed by atoms with Gasteiger partial charge >= 0.3 is 5.97 Å². The molecule has 122 valence electrons. The molecule has 0 aliphatic carbocycles. The van der Waals surface area contributed by atoms with Gasteiger partial charge in [0.15, 0.2) is 17.2 Å². The molecular formula is C16H14Cl2O5. The van der Waals surface area contributed by atoms with Crippen LogP contribution >= 0.6 is 23.2 Å². The van der Waals surface area contributed by atoms with Crippen molar-refractivity contribution >= 4 is 29.2 Å². The molecule has 0 unspecified atom stereocenters. The second-order valence-corrected chi connectivity index (χ2v) is 5.22. The van der Waals surface area contributed by atoms with Crippen LogP contribution in [-0.2, 0) is 0 Å². The Kier molecular flexibility index (Phi) is 5.58. The quantitative estimate of drug-likeness (QED) is 0.592. The number of carbonyl (C=O) groups excluding carboxylic acids is 1. The van der Waals surface area contributed by atoms with Gasteiger partial charge in [0, 0.05) is 11.1 Å². The number of carbonyl (C=O) groups is 1. The van der Waals surface area contributed by atoms with Crippen molar-refractivity contribution in [3.8, 4) is 23.0 Å². The summed E-state index contributed by atoms with van der Waals surface area (Å²) in [5, 5.41) is 0.678. The third-order valence-corrected chi connectivity index (χ3v) is 3.54. The first-order chi connectivity index (χ1) is 11.0. The molecule has 0 aliphatic heterocycles. The molecule has 0 saturated carbocycles. The van der Waals surface area contributed by atoms with Gasteiger partial charge in [0.05, 0.1) is 31.9 Å². The third kappa shape index (κ3) is 3.81. The maximum Gasteiger partial charge on any atom is 0.343 e. The summed E-state index contributed by atoms with van der Waals surface area (Å²) < 4.78 is 20.9. The van der Waals surface area contributed by atoms with Crippen molar-refractivity contribution in [2.24, 2.45) is 0 Å². The maximum absolute atomic E-state index is 12.3. The van der Waals surface area contributed by atoms with Crippen LogP contribution in [0.2, 0.25) is 10.0 Å². The average molecular weight is 357 g/mol. The van der Waals surface area contributed by atoms with Crippen molar-refractivity contribution < 1.29 is 23.7 Å². The van der Waals surface area contributed by atoms with Crippen LogP contribution in [0.1, 0.15) is 10.4 Å². The molecule has 0 bridgehead atoms. The Hall–Kier alpha value is -2.11. The molecule has 0 aliphatic rings. The molecule has 0 heterocycles. The smallest absolute Gasteiger partial charge is 0.343 e. The van der Waals surface area contributed by atoms with Gasteiger partial charge in [-0.15, -0.1) is 0 Å². The number of hydrogen-bond acceptors (Lipinski definition) is 5. The summed E-state index contributed by atoms with van der Waals surface area (Å²) in [6.45, 7) is 0. The van der Waals surface area contributed by atoms with E-state index in [9.17, 15) is 4.79 Å². The molecule has 2 rings (SSSR count). The fraction of sp³-hybridized carbons (Fsp3) is 0.188. The zero-order chi connectivity index (χ0) is 17.0. The second-order valence-electron chi connectivity index (χ2n) is 4.38. The minimum absolute atomic E-state index is 0.165. The summed E-state index contributed by atoms with van der Waals surface area (Å²) in [5.74, 6) is 0.602. The van der Waals surface area contributed by atoms with Crippen LogP contribution in [-0.4, -0.2) is 27.3 Å². The lowest BCUT2D eigenvalue weighted by Gasteiger charge is -2.14. The van der Waals surface area contributed by atoms with Crippen LogP contribution in [0.5, 0.6) is 23.0 Å². The van der Waals surface area contributed by atoms with Crippen molar-refractivity contribution in [3.05, 3.63) is 45.9 Å². The van der Waals surface area contributed by atoms with E-state index in [-0.39, 0.29) is 16.3 Å². The van der Waals surface area contributed by atoms with Crippen LogP contribution in [0.4, 0.5) is 0 Å². The topological polar surface area (TPSA) is 54.0 Å². The van der Waals surface area contributed by atoms with Gasteiger partial charge in [0.1, 0.15) is 0 Å².